The van der Waals surface area contributed by atoms with Crippen LogP contribution in [0.15, 0.2) is 24.7 Å². The largest absolute Gasteiger partial charge is 0.313 e. The van der Waals surface area contributed by atoms with Gasteiger partial charge in [0.1, 0.15) is 0 Å². The topological polar surface area (TPSA) is 42.7 Å². The Morgan fingerprint density at radius 1 is 1.24 bits per heavy atom. The number of rotatable bonds is 5. The second-order valence-corrected chi connectivity index (χ2v) is 6.57. The van der Waals surface area contributed by atoms with E-state index in [4.69, 9.17) is 0 Å². The van der Waals surface area contributed by atoms with Crippen LogP contribution < -0.4 is 5.32 Å². The quantitative estimate of drug-likeness (QED) is 0.858. The highest BCUT2D eigenvalue weighted by Crippen LogP contribution is 2.31. The van der Waals surface area contributed by atoms with Gasteiger partial charge in [0.2, 0.25) is 0 Å². The second kappa shape index (κ2) is 6.39. The maximum absolute atomic E-state index is 4.64. The van der Waals surface area contributed by atoms with Gasteiger partial charge in [0, 0.05) is 48.7 Å². The van der Waals surface area contributed by atoms with Crippen molar-refractivity contribution in [2.45, 2.75) is 46.1 Å². The van der Waals surface area contributed by atoms with E-state index in [1.807, 2.05) is 24.1 Å². The predicted octanol–water partition coefficient (Wildman–Crippen LogP) is 3.28. The molecule has 2 rings (SSSR count). The SMILES string of the molecule is CCCNCc1cncc(-c2cn(C)nc2C(C)(C)C)c1. The van der Waals surface area contributed by atoms with Gasteiger partial charge in [-0.3, -0.25) is 9.67 Å². The van der Waals surface area contributed by atoms with Gasteiger partial charge in [0.15, 0.2) is 0 Å². The van der Waals surface area contributed by atoms with Gasteiger partial charge in [-0.05, 0) is 24.6 Å². The number of nitrogens with one attached hydrogen (secondary N) is 1. The minimum Gasteiger partial charge on any atom is -0.313 e. The summed E-state index contributed by atoms with van der Waals surface area (Å²) in [7, 11) is 1.97. The third-order valence-corrected chi connectivity index (χ3v) is 3.40. The van der Waals surface area contributed by atoms with E-state index in [0.29, 0.717) is 0 Å². The van der Waals surface area contributed by atoms with Crippen LogP contribution in [0.2, 0.25) is 0 Å². The molecule has 0 unspecified atom stereocenters. The summed E-state index contributed by atoms with van der Waals surface area (Å²) in [6.45, 7) is 10.6. The summed E-state index contributed by atoms with van der Waals surface area (Å²) >= 11 is 0. The normalized spacial score (nSPS) is 11.9. The fourth-order valence-corrected chi connectivity index (χ4v) is 2.39. The molecule has 0 radical (unpaired) electrons. The lowest BCUT2D eigenvalue weighted by atomic mass is 9.88. The van der Waals surface area contributed by atoms with Crippen molar-refractivity contribution in [3.8, 4) is 11.1 Å². The monoisotopic (exact) mass is 286 g/mol. The average Bonchev–Trinajstić information content (AvgIpc) is 2.82. The molecular weight excluding hydrogens is 260 g/mol. The number of nitrogens with zero attached hydrogens (tertiary/aromatic N) is 3. The van der Waals surface area contributed by atoms with Crippen molar-refractivity contribution < 1.29 is 0 Å². The zero-order valence-electron chi connectivity index (χ0n) is 13.8. The molecule has 1 N–H and O–H groups in total. The Morgan fingerprint density at radius 2 is 2.00 bits per heavy atom. The van der Waals surface area contributed by atoms with E-state index in [0.717, 1.165) is 30.8 Å². The first kappa shape index (κ1) is 15.7. The van der Waals surface area contributed by atoms with E-state index >= 15 is 0 Å². The molecule has 0 aliphatic rings. The van der Waals surface area contributed by atoms with Crippen LogP contribution >= 0.6 is 0 Å². The first-order valence-corrected chi connectivity index (χ1v) is 7.61. The molecule has 0 aromatic carbocycles. The van der Waals surface area contributed by atoms with Crippen molar-refractivity contribution in [2.75, 3.05) is 6.54 Å². The van der Waals surface area contributed by atoms with Gasteiger partial charge >= 0.3 is 0 Å². The zero-order valence-corrected chi connectivity index (χ0v) is 13.8. The molecule has 2 aromatic rings. The summed E-state index contributed by atoms with van der Waals surface area (Å²) in [6.07, 6.45) is 7.08. The molecule has 0 aliphatic carbocycles. The molecule has 4 nitrogen and oxygen atoms in total. The van der Waals surface area contributed by atoms with Crippen molar-refractivity contribution >= 4 is 0 Å². The zero-order chi connectivity index (χ0) is 15.5. The lowest BCUT2D eigenvalue weighted by Crippen LogP contribution is -2.15. The molecule has 0 bridgehead atoms. The fourth-order valence-electron chi connectivity index (χ4n) is 2.39. The molecule has 2 heterocycles. The van der Waals surface area contributed by atoms with Crippen molar-refractivity contribution in [3.05, 3.63) is 35.9 Å². The van der Waals surface area contributed by atoms with E-state index in [9.17, 15) is 0 Å². The molecule has 0 saturated heterocycles. The van der Waals surface area contributed by atoms with E-state index in [2.05, 4.69) is 55.4 Å². The van der Waals surface area contributed by atoms with Crippen molar-refractivity contribution in [3.63, 3.8) is 0 Å². The number of hydrogen-bond acceptors (Lipinski definition) is 3. The lowest BCUT2D eigenvalue weighted by molar-refractivity contribution is 0.554. The molecule has 0 saturated carbocycles. The molecule has 0 spiro atoms. The highest BCUT2D eigenvalue weighted by Gasteiger charge is 2.22. The van der Waals surface area contributed by atoms with Gasteiger partial charge in [-0.1, -0.05) is 27.7 Å². The fraction of sp³-hybridized carbons (Fsp3) is 0.529. The molecule has 2 aromatic heterocycles. The first-order chi connectivity index (χ1) is 9.91. The van der Waals surface area contributed by atoms with Crippen LogP contribution in [0.5, 0.6) is 0 Å². The Kier molecular flexibility index (Phi) is 4.78. The van der Waals surface area contributed by atoms with Gasteiger partial charge < -0.3 is 5.32 Å². The minimum atomic E-state index is 0.0209. The van der Waals surface area contributed by atoms with Crippen LogP contribution in [0.25, 0.3) is 11.1 Å². The van der Waals surface area contributed by atoms with Crippen LogP contribution in [0, 0.1) is 0 Å². The van der Waals surface area contributed by atoms with Crippen LogP contribution in [0.3, 0.4) is 0 Å². The van der Waals surface area contributed by atoms with Gasteiger partial charge in [-0.15, -0.1) is 0 Å². The van der Waals surface area contributed by atoms with Crippen LogP contribution in [0.4, 0.5) is 0 Å². The van der Waals surface area contributed by atoms with E-state index in [-0.39, 0.29) is 5.41 Å². The molecule has 0 amide bonds. The summed E-state index contributed by atoms with van der Waals surface area (Å²) in [5.41, 5.74) is 4.67. The summed E-state index contributed by atoms with van der Waals surface area (Å²) in [5.74, 6) is 0. The Bertz CT molecular complexity index is 593. The predicted molar refractivity (Wildman–Crippen MR) is 87.1 cm³/mol. The third kappa shape index (κ3) is 3.91. The third-order valence-electron chi connectivity index (χ3n) is 3.40. The van der Waals surface area contributed by atoms with E-state index in [1.165, 1.54) is 11.1 Å². The number of hydrogen-bond donors (Lipinski definition) is 1. The van der Waals surface area contributed by atoms with Crippen molar-refractivity contribution in [1.82, 2.24) is 20.1 Å². The first-order valence-electron chi connectivity index (χ1n) is 7.61. The Morgan fingerprint density at radius 3 is 2.67 bits per heavy atom. The lowest BCUT2D eigenvalue weighted by Gasteiger charge is -2.17. The summed E-state index contributed by atoms with van der Waals surface area (Å²) in [4.78, 5) is 4.40. The smallest absolute Gasteiger partial charge is 0.0756 e. The molecule has 114 valence electrons. The molecule has 4 heteroatoms. The Hall–Kier alpha value is -1.68. The summed E-state index contributed by atoms with van der Waals surface area (Å²) in [6, 6.07) is 2.21. The minimum absolute atomic E-state index is 0.0209. The van der Waals surface area contributed by atoms with Crippen molar-refractivity contribution in [1.29, 1.82) is 0 Å². The molecule has 0 fully saturated rings. The summed E-state index contributed by atoms with van der Waals surface area (Å²) < 4.78 is 1.89. The second-order valence-electron chi connectivity index (χ2n) is 6.57. The van der Waals surface area contributed by atoms with Gasteiger partial charge in [-0.2, -0.15) is 5.10 Å². The number of aryl methyl sites for hydroxylation is 1. The number of pyridine rings is 1. The van der Waals surface area contributed by atoms with Gasteiger partial charge in [0.25, 0.3) is 0 Å². The van der Waals surface area contributed by atoms with E-state index in [1.54, 1.807) is 0 Å². The van der Waals surface area contributed by atoms with E-state index < -0.39 is 0 Å². The standard InChI is InChI=1S/C17H26N4/c1-6-7-18-9-13-8-14(11-19-10-13)15-12-21(5)20-16(15)17(2,3)4/h8,10-12,18H,6-7,9H2,1-5H3. The van der Waals surface area contributed by atoms with Crippen LogP contribution in [-0.2, 0) is 19.0 Å². The molecule has 0 aliphatic heterocycles. The molecular formula is C17H26N4. The van der Waals surface area contributed by atoms with Crippen LogP contribution in [-0.4, -0.2) is 21.3 Å². The number of aromatic nitrogens is 3. The van der Waals surface area contributed by atoms with Crippen LogP contribution in [0.1, 0.15) is 45.4 Å². The molecule has 0 atom stereocenters. The summed E-state index contributed by atoms with van der Waals surface area (Å²) in [5, 5.41) is 8.06. The van der Waals surface area contributed by atoms with Crippen molar-refractivity contribution in [2.24, 2.45) is 7.05 Å². The maximum Gasteiger partial charge on any atom is 0.0756 e. The average molecular weight is 286 g/mol. The van der Waals surface area contributed by atoms with Gasteiger partial charge in [-0.25, -0.2) is 0 Å². The Balaban J connectivity index is 2.32. The highest BCUT2D eigenvalue weighted by atomic mass is 15.3. The molecule has 21 heavy (non-hydrogen) atoms. The maximum atomic E-state index is 4.64. The Labute approximate surface area is 127 Å². The highest BCUT2D eigenvalue weighted by molar-refractivity contribution is 5.66. The van der Waals surface area contributed by atoms with Gasteiger partial charge in [0.05, 0.1) is 5.69 Å².